The van der Waals surface area contributed by atoms with Crippen LogP contribution in [-0.2, 0) is 4.74 Å². The van der Waals surface area contributed by atoms with Gasteiger partial charge >= 0.3 is 0 Å². The maximum absolute atomic E-state index is 12.8. The number of amides is 1. The van der Waals surface area contributed by atoms with E-state index in [0.29, 0.717) is 31.1 Å². The van der Waals surface area contributed by atoms with E-state index in [9.17, 15) is 4.79 Å². The first kappa shape index (κ1) is 16.0. The van der Waals surface area contributed by atoms with Crippen LogP contribution in [0.1, 0.15) is 43.5 Å². The molecule has 0 atom stereocenters. The predicted molar refractivity (Wildman–Crippen MR) is 87.6 cm³/mol. The summed E-state index contributed by atoms with van der Waals surface area (Å²) in [6.45, 7) is 6.73. The maximum atomic E-state index is 12.8. The molecule has 1 amide bonds. The van der Waals surface area contributed by atoms with Gasteiger partial charge in [0.15, 0.2) is 0 Å². The first-order valence-corrected chi connectivity index (χ1v) is 8.33. The van der Waals surface area contributed by atoms with Gasteiger partial charge in [-0.15, -0.1) is 0 Å². The van der Waals surface area contributed by atoms with Gasteiger partial charge in [-0.3, -0.25) is 4.79 Å². The summed E-state index contributed by atoms with van der Waals surface area (Å²) in [5, 5.41) is 0. The highest BCUT2D eigenvalue weighted by molar-refractivity contribution is 5.96. The summed E-state index contributed by atoms with van der Waals surface area (Å²) in [6, 6.07) is 3.56. The molecular formula is C18H24N2O3. The molecule has 2 aliphatic heterocycles. The van der Waals surface area contributed by atoms with Crippen molar-refractivity contribution >= 4 is 5.91 Å². The van der Waals surface area contributed by atoms with Crippen molar-refractivity contribution in [3.8, 4) is 5.88 Å². The van der Waals surface area contributed by atoms with Crippen molar-refractivity contribution in [1.82, 2.24) is 9.88 Å². The fraction of sp³-hybridized carbons (Fsp3) is 0.556. The van der Waals surface area contributed by atoms with Crippen LogP contribution in [0.3, 0.4) is 0 Å². The van der Waals surface area contributed by atoms with Crippen LogP contribution in [0, 0.1) is 0 Å². The summed E-state index contributed by atoms with van der Waals surface area (Å²) in [5.74, 6) is 0.415. The topological polar surface area (TPSA) is 51.7 Å². The van der Waals surface area contributed by atoms with Crippen LogP contribution in [-0.4, -0.2) is 47.7 Å². The van der Waals surface area contributed by atoms with Gasteiger partial charge in [0.05, 0.1) is 18.8 Å². The van der Waals surface area contributed by atoms with E-state index in [-0.39, 0.29) is 11.5 Å². The number of ether oxygens (including phenoxy) is 2. The van der Waals surface area contributed by atoms with Crippen LogP contribution in [0.15, 0.2) is 30.0 Å². The van der Waals surface area contributed by atoms with Crippen molar-refractivity contribution in [2.75, 3.05) is 26.3 Å². The largest absolute Gasteiger partial charge is 0.477 e. The smallest absolute Gasteiger partial charge is 0.259 e. The molecule has 23 heavy (non-hydrogen) atoms. The third kappa shape index (κ3) is 3.39. The van der Waals surface area contributed by atoms with Crippen molar-refractivity contribution in [1.29, 1.82) is 0 Å². The number of hydrogen-bond acceptors (Lipinski definition) is 4. The van der Waals surface area contributed by atoms with Crippen LogP contribution in [0.4, 0.5) is 0 Å². The molecule has 1 aromatic heterocycles. The van der Waals surface area contributed by atoms with Gasteiger partial charge in [0.1, 0.15) is 5.56 Å². The number of piperidine rings is 1. The molecule has 0 aliphatic carbocycles. The summed E-state index contributed by atoms with van der Waals surface area (Å²) in [5.41, 5.74) is 1.76. The average Bonchev–Trinajstić information content (AvgIpc) is 2.56. The normalized spacial score (nSPS) is 20.3. The fourth-order valence-corrected chi connectivity index (χ4v) is 3.33. The number of carbonyl (C=O) groups excluding carboxylic acids is 1. The SMILES string of the molecule is CCOc1ncccc1C(=O)N1CCC2(C=C(C)CCO2)CC1. The predicted octanol–water partition coefficient (Wildman–Crippen LogP) is 2.82. The second kappa shape index (κ2) is 6.71. The molecule has 0 aromatic carbocycles. The molecule has 3 rings (SSSR count). The van der Waals surface area contributed by atoms with Crippen molar-refractivity contribution < 1.29 is 14.3 Å². The van der Waals surface area contributed by atoms with E-state index in [4.69, 9.17) is 9.47 Å². The van der Waals surface area contributed by atoms with Crippen molar-refractivity contribution in [2.24, 2.45) is 0 Å². The zero-order chi connectivity index (χ0) is 16.3. The van der Waals surface area contributed by atoms with Crippen LogP contribution >= 0.6 is 0 Å². The van der Waals surface area contributed by atoms with Gasteiger partial charge in [0, 0.05) is 19.3 Å². The van der Waals surface area contributed by atoms with Gasteiger partial charge in [-0.25, -0.2) is 4.98 Å². The number of hydrogen-bond donors (Lipinski definition) is 0. The Morgan fingerprint density at radius 3 is 2.91 bits per heavy atom. The Kier molecular flexibility index (Phi) is 4.66. The monoisotopic (exact) mass is 316 g/mol. The Morgan fingerprint density at radius 1 is 1.43 bits per heavy atom. The highest BCUT2D eigenvalue weighted by atomic mass is 16.5. The standard InChI is InChI=1S/C18H24N2O3/c1-3-22-16-15(5-4-9-19-16)17(21)20-10-7-18(8-11-20)13-14(2)6-12-23-18/h4-5,9,13H,3,6-8,10-12H2,1-2H3. The molecule has 5 heteroatoms. The lowest BCUT2D eigenvalue weighted by Gasteiger charge is -2.42. The molecule has 0 N–H and O–H groups in total. The van der Waals surface area contributed by atoms with Crippen LogP contribution in [0.5, 0.6) is 5.88 Å². The molecular weight excluding hydrogens is 292 g/mol. The molecule has 3 heterocycles. The summed E-state index contributed by atoms with van der Waals surface area (Å²) in [7, 11) is 0. The van der Waals surface area contributed by atoms with Gasteiger partial charge < -0.3 is 14.4 Å². The highest BCUT2D eigenvalue weighted by Gasteiger charge is 2.37. The first-order chi connectivity index (χ1) is 11.1. The molecule has 5 nitrogen and oxygen atoms in total. The fourth-order valence-electron chi connectivity index (χ4n) is 3.33. The number of rotatable bonds is 3. The van der Waals surface area contributed by atoms with Crippen molar-refractivity contribution in [2.45, 2.75) is 38.7 Å². The highest BCUT2D eigenvalue weighted by Crippen LogP contribution is 2.33. The molecule has 124 valence electrons. The van der Waals surface area contributed by atoms with E-state index in [0.717, 1.165) is 25.9 Å². The van der Waals surface area contributed by atoms with Crippen LogP contribution in [0.2, 0.25) is 0 Å². The Hall–Kier alpha value is -1.88. The molecule has 1 aromatic rings. The lowest BCUT2D eigenvalue weighted by atomic mass is 9.87. The Bertz CT molecular complexity index is 604. The quantitative estimate of drug-likeness (QED) is 0.805. The molecule has 0 unspecified atom stereocenters. The van der Waals surface area contributed by atoms with Crippen LogP contribution in [0.25, 0.3) is 0 Å². The third-order valence-electron chi connectivity index (χ3n) is 4.57. The Balaban J connectivity index is 1.70. The molecule has 1 spiro atoms. The zero-order valence-electron chi connectivity index (χ0n) is 13.9. The van der Waals surface area contributed by atoms with E-state index >= 15 is 0 Å². The first-order valence-electron chi connectivity index (χ1n) is 8.33. The molecule has 2 aliphatic rings. The second-order valence-electron chi connectivity index (χ2n) is 6.24. The van der Waals surface area contributed by atoms with Crippen LogP contribution < -0.4 is 4.74 Å². The minimum absolute atomic E-state index is 0.00656. The van der Waals surface area contributed by atoms with Gasteiger partial charge in [0.2, 0.25) is 5.88 Å². The number of likely N-dealkylation sites (tertiary alicyclic amines) is 1. The van der Waals surface area contributed by atoms with E-state index in [1.165, 1.54) is 5.57 Å². The van der Waals surface area contributed by atoms with Crippen molar-refractivity contribution in [3.05, 3.63) is 35.5 Å². The molecule has 0 radical (unpaired) electrons. The average molecular weight is 316 g/mol. The summed E-state index contributed by atoms with van der Waals surface area (Å²) in [4.78, 5) is 18.8. The second-order valence-corrected chi connectivity index (χ2v) is 6.24. The Labute approximate surface area is 137 Å². The summed E-state index contributed by atoms with van der Waals surface area (Å²) < 4.78 is 11.5. The molecule has 1 saturated heterocycles. The van der Waals surface area contributed by atoms with Gasteiger partial charge in [-0.05, 0) is 45.2 Å². The van der Waals surface area contributed by atoms with E-state index in [1.54, 1.807) is 18.3 Å². The summed E-state index contributed by atoms with van der Waals surface area (Å²) >= 11 is 0. The minimum Gasteiger partial charge on any atom is -0.477 e. The summed E-state index contributed by atoms with van der Waals surface area (Å²) in [6.07, 6.45) is 6.61. The van der Waals surface area contributed by atoms with E-state index in [1.807, 2.05) is 11.8 Å². The van der Waals surface area contributed by atoms with Gasteiger partial charge in [0.25, 0.3) is 5.91 Å². The number of nitrogens with zero attached hydrogens (tertiary/aromatic N) is 2. The lowest BCUT2D eigenvalue weighted by Crippen LogP contribution is -2.48. The molecule has 0 bridgehead atoms. The van der Waals surface area contributed by atoms with Gasteiger partial charge in [-0.2, -0.15) is 0 Å². The molecule has 1 fully saturated rings. The number of carbonyl (C=O) groups is 1. The maximum Gasteiger partial charge on any atom is 0.259 e. The van der Waals surface area contributed by atoms with Crippen molar-refractivity contribution in [3.63, 3.8) is 0 Å². The van der Waals surface area contributed by atoms with E-state index in [2.05, 4.69) is 18.0 Å². The number of aromatic nitrogens is 1. The minimum atomic E-state index is -0.170. The van der Waals surface area contributed by atoms with Gasteiger partial charge in [-0.1, -0.05) is 11.6 Å². The zero-order valence-corrected chi connectivity index (χ0v) is 13.9. The lowest BCUT2D eigenvalue weighted by molar-refractivity contribution is -0.0522. The Morgan fingerprint density at radius 2 is 2.22 bits per heavy atom. The number of pyridine rings is 1. The van der Waals surface area contributed by atoms with E-state index < -0.39 is 0 Å². The third-order valence-corrected chi connectivity index (χ3v) is 4.57. The molecule has 0 saturated carbocycles.